The van der Waals surface area contributed by atoms with E-state index in [0.717, 1.165) is 12.2 Å². The molecule has 0 amide bonds. The minimum atomic E-state index is 0.185. The molecule has 0 aliphatic carbocycles. The molecule has 0 heterocycles. The van der Waals surface area contributed by atoms with Crippen molar-refractivity contribution in [1.82, 2.24) is 5.43 Å². The lowest BCUT2D eigenvalue weighted by Gasteiger charge is -2.19. The second kappa shape index (κ2) is 9.82. The van der Waals surface area contributed by atoms with E-state index in [-0.39, 0.29) is 6.04 Å². The van der Waals surface area contributed by atoms with E-state index in [2.05, 4.69) is 18.4 Å². The molecule has 0 radical (unpaired) electrons. The molecule has 1 aromatic carbocycles. The molecule has 3 heteroatoms. The van der Waals surface area contributed by atoms with Gasteiger partial charge in [-0.2, -0.15) is 0 Å². The third kappa shape index (κ3) is 5.62. The summed E-state index contributed by atoms with van der Waals surface area (Å²) >= 11 is 0. The molecule has 0 aliphatic rings. The van der Waals surface area contributed by atoms with Crippen LogP contribution in [-0.4, -0.2) is 6.61 Å². The van der Waals surface area contributed by atoms with Gasteiger partial charge in [-0.25, -0.2) is 0 Å². The van der Waals surface area contributed by atoms with E-state index in [9.17, 15) is 0 Å². The Bertz CT molecular complexity index is 341. The first-order valence-electron chi connectivity index (χ1n) is 7.51. The Morgan fingerprint density at radius 2 is 1.84 bits per heavy atom. The van der Waals surface area contributed by atoms with Gasteiger partial charge in [0.15, 0.2) is 0 Å². The number of para-hydroxylation sites is 1. The number of hydrogen-bond acceptors (Lipinski definition) is 3. The quantitative estimate of drug-likeness (QED) is 0.382. The fourth-order valence-electron chi connectivity index (χ4n) is 2.34. The van der Waals surface area contributed by atoms with Crippen molar-refractivity contribution in [2.45, 2.75) is 58.4 Å². The average Bonchev–Trinajstić information content (AvgIpc) is 2.44. The van der Waals surface area contributed by atoms with E-state index < -0.39 is 0 Å². The molecule has 3 nitrogen and oxygen atoms in total. The molecule has 0 fully saturated rings. The van der Waals surface area contributed by atoms with Crippen molar-refractivity contribution in [1.29, 1.82) is 0 Å². The molecule has 1 rings (SSSR count). The molecular weight excluding hydrogens is 236 g/mol. The summed E-state index contributed by atoms with van der Waals surface area (Å²) in [6.45, 7) is 4.93. The molecule has 19 heavy (non-hydrogen) atoms. The van der Waals surface area contributed by atoms with Crippen LogP contribution in [0, 0.1) is 0 Å². The van der Waals surface area contributed by atoms with Gasteiger partial charge in [-0.15, -0.1) is 0 Å². The summed E-state index contributed by atoms with van der Waals surface area (Å²) in [7, 11) is 0. The molecule has 0 aliphatic heterocycles. The summed E-state index contributed by atoms with van der Waals surface area (Å²) in [6, 6.07) is 8.34. The molecule has 0 bridgehead atoms. The highest BCUT2D eigenvalue weighted by atomic mass is 16.5. The predicted octanol–water partition coefficient (Wildman–Crippen LogP) is 3.95. The van der Waals surface area contributed by atoms with Crippen molar-refractivity contribution in [2.24, 2.45) is 5.84 Å². The van der Waals surface area contributed by atoms with Gasteiger partial charge in [0.1, 0.15) is 5.75 Å². The summed E-state index contributed by atoms with van der Waals surface area (Å²) < 4.78 is 5.67. The highest BCUT2D eigenvalue weighted by Crippen LogP contribution is 2.28. The van der Waals surface area contributed by atoms with E-state index in [1.165, 1.54) is 37.7 Å². The van der Waals surface area contributed by atoms with Crippen molar-refractivity contribution in [3.63, 3.8) is 0 Å². The Labute approximate surface area is 117 Å². The largest absolute Gasteiger partial charge is 0.494 e. The highest BCUT2D eigenvalue weighted by Gasteiger charge is 2.13. The number of ether oxygens (including phenoxy) is 1. The Balaban J connectivity index is 2.53. The minimum Gasteiger partial charge on any atom is -0.494 e. The molecular formula is C16H28N2O. The Kier molecular flexibility index (Phi) is 8.26. The molecule has 0 spiro atoms. The normalized spacial score (nSPS) is 12.4. The van der Waals surface area contributed by atoms with E-state index in [0.29, 0.717) is 6.61 Å². The number of benzene rings is 1. The van der Waals surface area contributed by atoms with Gasteiger partial charge in [0.25, 0.3) is 0 Å². The topological polar surface area (TPSA) is 47.3 Å². The Morgan fingerprint density at radius 1 is 1.11 bits per heavy atom. The zero-order valence-electron chi connectivity index (χ0n) is 12.3. The summed E-state index contributed by atoms with van der Waals surface area (Å²) in [6.07, 6.45) is 7.48. The lowest BCUT2D eigenvalue weighted by atomic mass is 9.99. The van der Waals surface area contributed by atoms with Crippen LogP contribution in [0.1, 0.15) is 64.0 Å². The number of nitrogens with one attached hydrogen (secondary N) is 1. The van der Waals surface area contributed by atoms with Crippen LogP contribution in [-0.2, 0) is 0 Å². The third-order valence-corrected chi connectivity index (χ3v) is 3.39. The first-order chi connectivity index (χ1) is 9.33. The molecule has 108 valence electrons. The molecule has 0 saturated carbocycles. The van der Waals surface area contributed by atoms with Crippen LogP contribution in [0.4, 0.5) is 0 Å². The second-order valence-electron chi connectivity index (χ2n) is 4.89. The average molecular weight is 264 g/mol. The number of nitrogens with two attached hydrogens (primary N) is 1. The zero-order chi connectivity index (χ0) is 13.9. The van der Waals surface area contributed by atoms with E-state index in [1.807, 2.05) is 25.1 Å². The summed E-state index contributed by atoms with van der Waals surface area (Å²) in [4.78, 5) is 0. The van der Waals surface area contributed by atoms with Gasteiger partial charge >= 0.3 is 0 Å². The van der Waals surface area contributed by atoms with Crippen LogP contribution in [0.2, 0.25) is 0 Å². The number of hydrazine groups is 1. The molecule has 1 aromatic rings. The van der Waals surface area contributed by atoms with Crippen molar-refractivity contribution in [3.05, 3.63) is 29.8 Å². The molecule has 1 unspecified atom stereocenters. The monoisotopic (exact) mass is 264 g/mol. The van der Waals surface area contributed by atoms with Crippen molar-refractivity contribution >= 4 is 0 Å². The van der Waals surface area contributed by atoms with E-state index in [1.54, 1.807) is 0 Å². The van der Waals surface area contributed by atoms with Crippen molar-refractivity contribution in [2.75, 3.05) is 6.61 Å². The molecule has 0 saturated heterocycles. The van der Waals surface area contributed by atoms with Gasteiger partial charge in [0.2, 0.25) is 0 Å². The zero-order valence-corrected chi connectivity index (χ0v) is 12.3. The molecule has 1 atom stereocenters. The maximum Gasteiger partial charge on any atom is 0.124 e. The minimum absolute atomic E-state index is 0.185. The van der Waals surface area contributed by atoms with Crippen LogP contribution >= 0.6 is 0 Å². The van der Waals surface area contributed by atoms with Crippen molar-refractivity contribution < 1.29 is 4.74 Å². The smallest absolute Gasteiger partial charge is 0.124 e. The Morgan fingerprint density at radius 3 is 2.53 bits per heavy atom. The summed E-state index contributed by atoms with van der Waals surface area (Å²) in [5, 5.41) is 0. The van der Waals surface area contributed by atoms with Crippen LogP contribution in [0.3, 0.4) is 0 Å². The Hall–Kier alpha value is -1.06. The summed E-state index contributed by atoms with van der Waals surface area (Å²) in [5.41, 5.74) is 4.10. The van der Waals surface area contributed by atoms with Crippen LogP contribution in [0.5, 0.6) is 5.75 Å². The number of hydrogen-bond donors (Lipinski definition) is 2. The second-order valence-corrected chi connectivity index (χ2v) is 4.89. The van der Waals surface area contributed by atoms with Crippen LogP contribution in [0.15, 0.2) is 24.3 Å². The number of rotatable bonds is 10. The third-order valence-electron chi connectivity index (χ3n) is 3.39. The molecule has 0 aromatic heterocycles. The van der Waals surface area contributed by atoms with Gasteiger partial charge in [0.05, 0.1) is 6.61 Å². The van der Waals surface area contributed by atoms with Crippen LogP contribution in [0.25, 0.3) is 0 Å². The first kappa shape index (κ1) is 16.0. The lowest BCUT2D eigenvalue weighted by molar-refractivity contribution is 0.329. The fraction of sp³-hybridized carbons (Fsp3) is 0.625. The standard InChI is InChI=1S/C16H28N2O/c1-3-5-6-7-8-12-15(18-17)14-11-9-10-13-16(14)19-4-2/h9-11,13,15,18H,3-8,12,17H2,1-2H3. The predicted molar refractivity (Wildman–Crippen MR) is 81.1 cm³/mol. The lowest BCUT2D eigenvalue weighted by Crippen LogP contribution is -2.28. The maximum atomic E-state index is 5.71. The SMILES string of the molecule is CCCCCCCC(NN)c1ccccc1OCC. The molecule has 3 N–H and O–H groups in total. The van der Waals surface area contributed by atoms with Gasteiger partial charge in [-0.3, -0.25) is 11.3 Å². The van der Waals surface area contributed by atoms with Gasteiger partial charge in [-0.05, 0) is 19.4 Å². The van der Waals surface area contributed by atoms with E-state index >= 15 is 0 Å². The van der Waals surface area contributed by atoms with Crippen molar-refractivity contribution in [3.8, 4) is 5.75 Å². The van der Waals surface area contributed by atoms with Crippen LogP contribution < -0.4 is 16.0 Å². The van der Waals surface area contributed by atoms with E-state index in [4.69, 9.17) is 10.6 Å². The maximum absolute atomic E-state index is 5.71. The van der Waals surface area contributed by atoms with Gasteiger partial charge < -0.3 is 4.74 Å². The fourth-order valence-corrected chi connectivity index (χ4v) is 2.34. The number of unbranched alkanes of at least 4 members (excludes halogenated alkanes) is 4. The summed E-state index contributed by atoms with van der Waals surface area (Å²) in [5.74, 6) is 6.65. The van der Waals surface area contributed by atoms with Gasteiger partial charge in [0, 0.05) is 11.6 Å². The highest BCUT2D eigenvalue weighted by molar-refractivity contribution is 5.35. The van der Waals surface area contributed by atoms with Gasteiger partial charge in [-0.1, -0.05) is 57.2 Å². The first-order valence-corrected chi connectivity index (χ1v) is 7.51.